The molecule has 34 heavy (non-hydrogen) atoms. The van der Waals surface area contributed by atoms with Crippen molar-refractivity contribution in [2.45, 2.75) is 6.04 Å². The second kappa shape index (κ2) is 9.41. The second-order valence-electron chi connectivity index (χ2n) is 7.63. The van der Waals surface area contributed by atoms with Crippen molar-refractivity contribution < 1.29 is 13.6 Å². The van der Waals surface area contributed by atoms with Crippen molar-refractivity contribution >= 4 is 51.4 Å². The molecule has 7 nitrogen and oxygen atoms in total. The van der Waals surface area contributed by atoms with Gasteiger partial charge in [0, 0.05) is 43.1 Å². The first kappa shape index (κ1) is 23.7. The molecule has 174 valence electrons. The van der Waals surface area contributed by atoms with Gasteiger partial charge in [-0.05, 0) is 18.2 Å². The van der Waals surface area contributed by atoms with E-state index in [4.69, 9.17) is 35.5 Å². The highest BCUT2D eigenvalue weighted by Crippen LogP contribution is 2.40. The van der Waals surface area contributed by atoms with Crippen LogP contribution in [0.4, 0.5) is 20.2 Å². The van der Waals surface area contributed by atoms with E-state index >= 15 is 4.39 Å². The first-order valence-corrected chi connectivity index (χ1v) is 10.9. The van der Waals surface area contributed by atoms with Crippen molar-refractivity contribution in [1.82, 2.24) is 14.9 Å². The average Bonchev–Trinajstić information content (AvgIpc) is 2.83. The minimum Gasteiger partial charge on any atom is -0.397 e. The van der Waals surface area contributed by atoms with E-state index in [1.54, 1.807) is 11.0 Å². The Bertz CT molecular complexity index is 1330. The molecule has 11 heteroatoms. The van der Waals surface area contributed by atoms with Crippen LogP contribution in [0, 0.1) is 18.2 Å². The lowest BCUT2D eigenvalue weighted by Crippen LogP contribution is -2.56. The van der Waals surface area contributed by atoms with Gasteiger partial charge in [0.25, 0.3) is 0 Å². The third-order valence-electron chi connectivity index (χ3n) is 5.73. The summed E-state index contributed by atoms with van der Waals surface area (Å²) >= 11 is 11.9. The Morgan fingerprint density at radius 1 is 1.29 bits per heavy atom. The predicted molar refractivity (Wildman–Crippen MR) is 129 cm³/mol. The number of nitrogen functional groups attached to an aromatic ring is 1. The number of hydrogen-bond donors (Lipinski definition) is 1. The maximum atomic E-state index is 15.6. The number of hydrogen-bond acceptors (Lipinski definition) is 5. The van der Waals surface area contributed by atoms with Gasteiger partial charge in [-0.3, -0.25) is 14.8 Å². The summed E-state index contributed by atoms with van der Waals surface area (Å²) in [5.41, 5.74) is 5.62. The smallest absolute Gasteiger partial charge is 0.246 e. The number of nitrogens with two attached hydrogens (primary N) is 1. The molecule has 1 aliphatic rings. The predicted octanol–water partition coefficient (Wildman–Crippen LogP) is 4.59. The van der Waals surface area contributed by atoms with Crippen molar-refractivity contribution in [3.63, 3.8) is 0 Å². The van der Waals surface area contributed by atoms with Crippen LogP contribution in [0.2, 0.25) is 10.0 Å². The van der Waals surface area contributed by atoms with Gasteiger partial charge in [-0.2, -0.15) is 0 Å². The van der Waals surface area contributed by atoms with E-state index in [2.05, 4.69) is 21.4 Å². The van der Waals surface area contributed by atoms with E-state index in [-0.39, 0.29) is 51.0 Å². The second-order valence-corrected chi connectivity index (χ2v) is 8.45. The van der Waals surface area contributed by atoms with Gasteiger partial charge >= 0.3 is 0 Å². The Hall–Kier alpha value is -3.48. The maximum absolute atomic E-state index is 15.6. The molecule has 0 radical (unpaired) electrons. The summed E-state index contributed by atoms with van der Waals surface area (Å²) in [4.78, 5) is 27.5. The average molecular weight is 503 g/mol. The van der Waals surface area contributed by atoms with E-state index in [1.807, 2.05) is 4.90 Å². The minimum atomic E-state index is -0.935. The Balaban J connectivity index is 1.79. The summed E-state index contributed by atoms with van der Waals surface area (Å²) in [7, 11) is 0. The Kier molecular flexibility index (Phi) is 6.55. The molecule has 1 amide bonds. The highest BCUT2D eigenvalue weighted by atomic mass is 35.5. The van der Waals surface area contributed by atoms with Crippen LogP contribution >= 0.6 is 23.2 Å². The molecular formula is C23H18Cl2F2N6O. The highest BCUT2D eigenvalue weighted by Gasteiger charge is 2.32. The molecule has 0 bridgehead atoms. The van der Waals surface area contributed by atoms with Crippen LogP contribution in [0.25, 0.3) is 27.0 Å². The number of carbonyl (C=O) groups is 1. The van der Waals surface area contributed by atoms with Gasteiger partial charge in [0.1, 0.15) is 17.3 Å². The quantitative estimate of drug-likeness (QED) is 0.244. The first-order valence-electron chi connectivity index (χ1n) is 10.2. The van der Waals surface area contributed by atoms with Gasteiger partial charge in [0.15, 0.2) is 11.6 Å². The Morgan fingerprint density at radius 2 is 2.06 bits per heavy atom. The molecule has 3 heterocycles. The molecule has 2 N–H and O–H groups in total. The summed E-state index contributed by atoms with van der Waals surface area (Å²) in [5.74, 6) is -2.05. The van der Waals surface area contributed by atoms with Gasteiger partial charge < -0.3 is 20.4 Å². The van der Waals surface area contributed by atoms with Crippen LogP contribution in [-0.4, -0.2) is 53.0 Å². The summed E-state index contributed by atoms with van der Waals surface area (Å²) in [5, 5.41) is 0.0538. The van der Waals surface area contributed by atoms with Crippen molar-refractivity contribution in [1.29, 1.82) is 0 Å². The zero-order valence-corrected chi connectivity index (χ0v) is 19.2. The lowest BCUT2D eigenvalue weighted by Gasteiger charge is -2.40. The summed E-state index contributed by atoms with van der Waals surface area (Å²) < 4.78 is 30.3. The summed E-state index contributed by atoms with van der Waals surface area (Å²) in [6.07, 6.45) is 4.04. The molecule has 0 spiro atoms. The normalized spacial score (nSPS) is 15.9. The van der Waals surface area contributed by atoms with E-state index in [0.717, 1.165) is 6.07 Å². The zero-order chi connectivity index (χ0) is 24.6. The van der Waals surface area contributed by atoms with E-state index in [1.165, 1.54) is 18.5 Å². The SMILES string of the molecule is [C-]#[N+]C[C@H]1CN(c2ccnc3c(F)c(-c4c(N)c(Cl)cc(Cl)c4F)ncc23)CCN1C(=O)C=C. The van der Waals surface area contributed by atoms with Gasteiger partial charge in [0.05, 0.1) is 21.3 Å². The number of anilines is 2. The van der Waals surface area contributed by atoms with E-state index in [0.29, 0.717) is 30.7 Å². The van der Waals surface area contributed by atoms with Crippen molar-refractivity contribution in [2.24, 2.45) is 0 Å². The van der Waals surface area contributed by atoms with Gasteiger partial charge in [-0.25, -0.2) is 15.4 Å². The molecular weight excluding hydrogens is 485 g/mol. The molecule has 1 fully saturated rings. The largest absolute Gasteiger partial charge is 0.397 e. The molecule has 0 saturated carbocycles. The number of fused-ring (bicyclic) bond motifs is 1. The highest BCUT2D eigenvalue weighted by molar-refractivity contribution is 6.37. The van der Waals surface area contributed by atoms with Gasteiger partial charge in [0.2, 0.25) is 12.5 Å². The molecule has 3 aromatic rings. The molecule has 1 atom stereocenters. The van der Waals surface area contributed by atoms with Gasteiger partial charge in [-0.1, -0.05) is 29.8 Å². The summed E-state index contributed by atoms with van der Waals surface area (Å²) in [6, 6.07) is 2.48. The topological polar surface area (TPSA) is 79.7 Å². The third-order valence-corrected chi connectivity index (χ3v) is 6.32. The number of pyridine rings is 2. The van der Waals surface area contributed by atoms with E-state index in [9.17, 15) is 9.18 Å². The fourth-order valence-electron chi connectivity index (χ4n) is 4.10. The van der Waals surface area contributed by atoms with Crippen LogP contribution in [-0.2, 0) is 4.79 Å². The molecule has 2 aromatic heterocycles. The van der Waals surface area contributed by atoms with Crippen LogP contribution in [0.1, 0.15) is 0 Å². The van der Waals surface area contributed by atoms with E-state index < -0.39 is 11.6 Å². The first-order chi connectivity index (χ1) is 16.3. The number of nitrogens with zero attached hydrogens (tertiary/aromatic N) is 5. The monoisotopic (exact) mass is 502 g/mol. The molecule has 1 aromatic carbocycles. The Labute approximate surface area is 204 Å². The van der Waals surface area contributed by atoms with Crippen LogP contribution in [0.5, 0.6) is 0 Å². The van der Waals surface area contributed by atoms with Crippen molar-refractivity contribution in [2.75, 3.05) is 36.8 Å². The number of aromatic nitrogens is 2. The number of halogens is 4. The van der Waals surface area contributed by atoms with Crippen molar-refractivity contribution in [3.8, 4) is 11.3 Å². The number of rotatable bonds is 4. The molecule has 1 saturated heterocycles. The standard InChI is InChI=1S/C23H18Cl2F2N6O/c1-3-17(34)33-7-6-32(11-12(33)9-29-2)16-4-5-30-22-13(16)10-31-23(20(22)27)18-19(26)14(24)8-15(25)21(18)28/h3-5,8,10,12H,1,6-7,9,11,28H2/t12-/m0/s1. The third kappa shape index (κ3) is 4.00. The minimum absolute atomic E-state index is 0.0257. The van der Waals surface area contributed by atoms with Gasteiger partial charge in [-0.15, -0.1) is 0 Å². The fraction of sp³-hybridized carbons (Fsp3) is 0.217. The lowest BCUT2D eigenvalue weighted by molar-refractivity contribution is -0.128. The molecule has 1 aliphatic heterocycles. The van der Waals surface area contributed by atoms with Crippen LogP contribution < -0.4 is 10.6 Å². The van der Waals surface area contributed by atoms with Crippen LogP contribution in [0.3, 0.4) is 0 Å². The zero-order valence-electron chi connectivity index (χ0n) is 17.7. The molecule has 4 rings (SSSR count). The number of piperazine rings is 1. The van der Waals surface area contributed by atoms with Crippen molar-refractivity contribution in [3.05, 3.63) is 70.3 Å². The summed E-state index contributed by atoms with van der Waals surface area (Å²) in [6.45, 7) is 12.0. The molecule has 0 unspecified atom stereocenters. The van der Waals surface area contributed by atoms with Crippen LogP contribution in [0.15, 0.2) is 37.2 Å². The fourth-order valence-corrected chi connectivity index (χ4v) is 4.56. The number of carbonyl (C=O) groups excluding carboxylic acids is 1. The number of benzene rings is 1. The Morgan fingerprint density at radius 3 is 2.76 bits per heavy atom. The number of amides is 1. The lowest BCUT2D eigenvalue weighted by atomic mass is 10.0. The molecule has 0 aliphatic carbocycles. The maximum Gasteiger partial charge on any atom is 0.246 e.